The number of aryl methyl sites for hydroxylation is 1. The van der Waals surface area contributed by atoms with Crippen molar-refractivity contribution >= 4 is 15.7 Å². The number of halogens is 3. The second-order valence-electron chi connectivity index (χ2n) is 4.09. The number of nitrogens with two attached hydrogens (primary N) is 1. The van der Waals surface area contributed by atoms with E-state index >= 15 is 0 Å². The molecule has 0 bridgehead atoms. The molecule has 0 aliphatic carbocycles. The highest BCUT2D eigenvalue weighted by molar-refractivity contribution is 7.89. The second kappa shape index (κ2) is 6.42. The molecule has 1 aromatic carbocycles. The minimum atomic E-state index is -4.43. The van der Waals surface area contributed by atoms with E-state index in [0.717, 1.165) is 0 Å². The predicted octanol–water partition coefficient (Wildman–Crippen LogP) is 1.43. The van der Waals surface area contributed by atoms with E-state index in [1.807, 2.05) is 0 Å². The summed E-state index contributed by atoms with van der Waals surface area (Å²) in [6.45, 7) is -0.451. The minimum Gasteiger partial charge on any atom is -0.399 e. The molecule has 0 saturated heterocycles. The summed E-state index contributed by atoms with van der Waals surface area (Å²) in [6, 6.07) is 4.39. The molecule has 0 heterocycles. The van der Waals surface area contributed by atoms with Crippen LogP contribution >= 0.6 is 0 Å². The van der Waals surface area contributed by atoms with E-state index in [1.165, 1.54) is 6.07 Å². The van der Waals surface area contributed by atoms with Crippen LogP contribution in [0.25, 0.3) is 0 Å². The summed E-state index contributed by atoms with van der Waals surface area (Å²) >= 11 is 0. The van der Waals surface area contributed by atoms with E-state index in [-0.39, 0.29) is 23.7 Å². The van der Waals surface area contributed by atoms with Gasteiger partial charge in [0.1, 0.15) is 6.61 Å². The average molecular weight is 312 g/mol. The van der Waals surface area contributed by atoms with E-state index in [2.05, 4.69) is 9.46 Å². The van der Waals surface area contributed by atoms with Crippen molar-refractivity contribution < 1.29 is 26.3 Å². The Morgan fingerprint density at radius 1 is 1.35 bits per heavy atom. The van der Waals surface area contributed by atoms with Gasteiger partial charge < -0.3 is 10.5 Å². The molecular formula is C11H15F3N2O3S. The third-order valence-electron chi connectivity index (χ3n) is 2.31. The first-order valence-corrected chi connectivity index (χ1v) is 7.10. The van der Waals surface area contributed by atoms with Crippen LogP contribution in [0.1, 0.15) is 5.56 Å². The fourth-order valence-electron chi connectivity index (χ4n) is 1.42. The Bertz CT molecular complexity index is 559. The van der Waals surface area contributed by atoms with E-state index < -0.39 is 22.8 Å². The zero-order chi connectivity index (χ0) is 15.4. The van der Waals surface area contributed by atoms with E-state index in [0.29, 0.717) is 5.56 Å². The van der Waals surface area contributed by atoms with Crippen molar-refractivity contribution in [2.45, 2.75) is 18.0 Å². The molecule has 1 aromatic rings. The van der Waals surface area contributed by atoms with Crippen LogP contribution in [0.15, 0.2) is 23.1 Å². The highest BCUT2D eigenvalue weighted by atomic mass is 32.2. The van der Waals surface area contributed by atoms with E-state index in [9.17, 15) is 21.6 Å². The summed E-state index contributed by atoms with van der Waals surface area (Å²) in [5.74, 6) is 0. The third-order valence-corrected chi connectivity index (χ3v) is 3.91. The number of ether oxygens (including phenoxy) is 1. The lowest BCUT2D eigenvalue weighted by molar-refractivity contribution is -0.173. The van der Waals surface area contributed by atoms with Gasteiger partial charge >= 0.3 is 6.18 Å². The summed E-state index contributed by atoms with van der Waals surface area (Å²) in [4.78, 5) is -0.00618. The Balaban J connectivity index is 2.56. The van der Waals surface area contributed by atoms with Crippen LogP contribution in [0.5, 0.6) is 0 Å². The van der Waals surface area contributed by atoms with Crippen LogP contribution in [0, 0.1) is 6.92 Å². The molecule has 0 radical (unpaired) electrons. The highest BCUT2D eigenvalue weighted by Gasteiger charge is 2.27. The molecule has 114 valence electrons. The van der Waals surface area contributed by atoms with Gasteiger partial charge in [0.2, 0.25) is 10.0 Å². The molecule has 9 heteroatoms. The molecule has 0 aliphatic heterocycles. The summed E-state index contributed by atoms with van der Waals surface area (Å²) < 4.78 is 65.7. The number of benzene rings is 1. The van der Waals surface area contributed by atoms with E-state index in [4.69, 9.17) is 5.73 Å². The summed E-state index contributed by atoms with van der Waals surface area (Å²) in [5, 5.41) is 0. The van der Waals surface area contributed by atoms with Crippen molar-refractivity contribution in [2.24, 2.45) is 0 Å². The SMILES string of the molecule is Cc1ccc(N)cc1S(=O)(=O)NCCOCC(F)(F)F. The van der Waals surface area contributed by atoms with Crippen molar-refractivity contribution in [1.82, 2.24) is 4.72 Å². The highest BCUT2D eigenvalue weighted by Crippen LogP contribution is 2.18. The zero-order valence-corrected chi connectivity index (χ0v) is 11.5. The van der Waals surface area contributed by atoms with Crippen molar-refractivity contribution in [3.63, 3.8) is 0 Å². The maximum Gasteiger partial charge on any atom is 0.411 e. The Labute approximate surface area is 115 Å². The second-order valence-corrected chi connectivity index (χ2v) is 5.83. The average Bonchev–Trinajstić information content (AvgIpc) is 2.30. The topological polar surface area (TPSA) is 81.4 Å². The number of alkyl halides is 3. The Morgan fingerprint density at radius 2 is 2.00 bits per heavy atom. The molecular weight excluding hydrogens is 297 g/mol. The first-order chi connectivity index (χ1) is 9.12. The number of sulfonamides is 1. The molecule has 0 atom stereocenters. The van der Waals surface area contributed by atoms with Crippen molar-refractivity contribution in [3.8, 4) is 0 Å². The first-order valence-electron chi connectivity index (χ1n) is 5.62. The summed E-state index contributed by atoms with van der Waals surface area (Å²) in [5.41, 5.74) is 6.28. The van der Waals surface area contributed by atoms with Crippen LogP contribution in [-0.2, 0) is 14.8 Å². The quantitative estimate of drug-likeness (QED) is 0.615. The molecule has 0 unspecified atom stereocenters. The van der Waals surface area contributed by atoms with Gasteiger partial charge in [0.25, 0.3) is 0 Å². The smallest absolute Gasteiger partial charge is 0.399 e. The fourth-order valence-corrected chi connectivity index (χ4v) is 2.71. The largest absolute Gasteiger partial charge is 0.411 e. The molecule has 1 rings (SSSR count). The van der Waals surface area contributed by atoms with Crippen molar-refractivity contribution in [1.29, 1.82) is 0 Å². The minimum absolute atomic E-state index is 0.00618. The van der Waals surface area contributed by atoms with Crippen LogP contribution < -0.4 is 10.5 Å². The van der Waals surface area contributed by atoms with Gasteiger partial charge in [0.05, 0.1) is 11.5 Å². The Hall–Kier alpha value is -1.32. The summed E-state index contributed by atoms with van der Waals surface area (Å²) in [7, 11) is -3.82. The van der Waals surface area contributed by atoms with Gasteiger partial charge in [-0.15, -0.1) is 0 Å². The molecule has 0 saturated carbocycles. The fraction of sp³-hybridized carbons (Fsp3) is 0.455. The standard InChI is InChI=1S/C11H15F3N2O3S/c1-8-2-3-9(15)6-10(8)20(17,18)16-4-5-19-7-11(12,13)14/h2-3,6,16H,4-5,7,15H2,1H3. The third kappa shape index (κ3) is 5.35. The molecule has 20 heavy (non-hydrogen) atoms. The van der Waals surface area contributed by atoms with Gasteiger partial charge in [-0.25, -0.2) is 13.1 Å². The van der Waals surface area contributed by atoms with Gasteiger partial charge in [-0.1, -0.05) is 6.07 Å². The maximum atomic E-state index is 11.9. The zero-order valence-electron chi connectivity index (χ0n) is 10.7. The number of nitrogen functional groups attached to an aromatic ring is 1. The molecule has 5 nitrogen and oxygen atoms in total. The summed E-state index contributed by atoms with van der Waals surface area (Å²) in [6.07, 6.45) is -4.43. The van der Waals surface area contributed by atoms with Gasteiger partial charge in [-0.2, -0.15) is 13.2 Å². The lowest BCUT2D eigenvalue weighted by Crippen LogP contribution is -2.29. The van der Waals surface area contributed by atoms with Gasteiger partial charge in [0.15, 0.2) is 0 Å². The molecule has 0 aliphatic rings. The van der Waals surface area contributed by atoms with Gasteiger partial charge in [-0.05, 0) is 24.6 Å². The van der Waals surface area contributed by atoms with Crippen LogP contribution in [0.2, 0.25) is 0 Å². The van der Waals surface area contributed by atoms with E-state index in [1.54, 1.807) is 19.1 Å². The first kappa shape index (κ1) is 16.7. The predicted molar refractivity (Wildman–Crippen MR) is 67.7 cm³/mol. The van der Waals surface area contributed by atoms with Gasteiger partial charge in [0, 0.05) is 12.2 Å². The van der Waals surface area contributed by atoms with Crippen LogP contribution in [0.3, 0.4) is 0 Å². The molecule has 0 aromatic heterocycles. The van der Waals surface area contributed by atoms with Crippen LogP contribution in [0.4, 0.5) is 18.9 Å². The monoisotopic (exact) mass is 312 g/mol. The molecule has 3 N–H and O–H groups in total. The van der Waals surface area contributed by atoms with Crippen molar-refractivity contribution in [3.05, 3.63) is 23.8 Å². The van der Waals surface area contributed by atoms with Gasteiger partial charge in [-0.3, -0.25) is 0 Å². The Kier molecular flexibility index (Phi) is 5.37. The Morgan fingerprint density at radius 3 is 2.60 bits per heavy atom. The lowest BCUT2D eigenvalue weighted by Gasteiger charge is -2.11. The number of rotatable bonds is 6. The number of anilines is 1. The van der Waals surface area contributed by atoms with Crippen LogP contribution in [-0.4, -0.2) is 34.4 Å². The number of hydrogen-bond acceptors (Lipinski definition) is 4. The van der Waals surface area contributed by atoms with Crippen molar-refractivity contribution in [2.75, 3.05) is 25.5 Å². The number of nitrogens with one attached hydrogen (secondary N) is 1. The molecule has 0 fully saturated rings. The number of hydrogen-bond donors (Lipinski definition) is 2. The maximum absolute atomic E-state index is 11.9. The normalized spacial score (nSPS) is 12.6. The lowest BCUT2D eigenvalue weighted by atomic mass is 10.2. The molecule has 0 spiro atoms. The molecule has 0 amide bonds.